The number of methoxy groups -OCH3 is 1. The maximum atomic E-state index is 12.9. The lowest BCUT2D eigenvalue weighted by Crippen LogP contribution is -2.41. The summed E-state index contributed by atoms with van der Waals surface area (Å²) in [7, 11) is 1.36. The summed E-state index contributed by atoms with van der Waals surface area (Å²) in [6.45, 7) is 0.573. The van der Waals surface area contributed by atoms with Crippen molar-refractivity contribution in [3.8, 4) is 0 Å². The van der Waals surface area contributed by atoms with Crippen molar-refractivity contribution < 1.29 is 14.3 Å². The number of rotatable bonds is 5. The van der Waals surface area contributed by atoms with Crippen molar-refractivity contribution in [3.63, 3.8) is 0 Å². The van der Waals surface area contributed by atoms with Crippen LogP contribution in [0.1, 0.15) is 43.2 Å². The second-order valence-electron chi connectivity index (χ2n) is 7.98. The van der Waals surface area contributed by atoms with E-state index >= 15 is 0 Å². The van der Waals surface area contributed by atoms with Gasteiger partial charge in [-0.3, -0.25) is 4.79 Å². The van der Waals surface area contributed by atoms with Crippen molar-refractivity contribution in [2.45, 2.75) is 38.6 Å². The van der Waals surface area contributed by atoms with Gasteiger partial charge in [0.1, 0.15) is 0 Å². The van der Waals surface area contributed by atoms with E-state index in [0.717, 1.165) is 35.8 Å². The predicted octanol–water partition coefficient (Wildman–Crippen LogP) is 3.32. The van der Waals surface area contributed by atoms with Crippen LogP contribution >= 0.6 is 0 Å². The van der Waals surface area contributed by atoms with Gasteiger partial charge in [-0.2, -0.15) is 0 Å². The molecule has 4 fully saturated rings. The summed E-state index contributed by atoms with van der Waals surface area (Å²) < 4.78 is 4.58. The first-order valence-electron chi connectivity index (χ1n) is 9.22. The molecule has 1 amide bonds. The van der Waals surface area contributed by atoms with E-state index in [1.54, 1.807) is 6.08 Å². The Hall–Kier alpha value is -2.10. The zero-order valence-electron chi connectivity index (χ0n) is 14.7. The van der Waals surface area contributed by atoms with E-state index in [1.165, 1.54) is 32.4 Å². The first-order chi connectivity index (χ1) is 12.1. The minimum atomic E-state index is -0.365. The van der Waals surface area contributed by atoms with E-state index in [9.17, 15) is 9.59 Å². The number of carbonyl (C=O) groups is 2. The summed E-state index contributed by atoms with van der Waals surface area (Å²) in [6, 6.07) is 7.88. The highest BCUT2D eigenvalue weighted by atomic mass is 16.5. The quantitative estimate of drug-likeness (QED) is 0.661. The maximum Gasteiger partial charge on any atom is 0.330 e. The van der Waals surface area contributed by atoms with E-state index in [0.29, 0.717) is 12.5 Å². The number of amides is 1. The lowest BCUT2D eigenvalue weighted by molar-refractivity contribution is -0.135. The highest BCUT2D eigenvalue weighted by molar-refractivity contribution is 5.87. The fourth-order valence-electron chi connectivity index (χ4n) is 5.50. The Morgan fingerprint density at radius 1 is 1.16 bits per heavy atom. The largest absolute Gasteiger partial charge is 0.466 e. The van der Waals surface area contributed by atoms with Crippen LogP contribution in [0.4, 0.5) is 0 Å². The third kappa shape index (κ3) is 2.99. The standard InChI is InChI=1S/C21H25NO3/c1-25-19(23)7-6-14-2-4-15(5-3-14)13-22-20(24)21-11-16-8-17(12-21)10-18(21)9-16/h2-7,16-18H,8-13H2,1H3,(H,22,24)/b7-6+/t16-,17+,18?,21?. The number of nitrogens with one attached hydrogen (secondary N) is 1. The highest BCUT2D eigenvalue weighted by Gasteiger charge is 2.61. The van der Waals surface area contributed by atoms with Crippen LogP contribution in [0.25, 0.3) is 6.08 Å². The molecule has 2 unspecified atom stereocenters. The van der Waals surface area contributed by atoms with Crippen LogP contribution in [0.15, 0.2) is 30.3 Å². The third-order valence-corrected chi connectivity index (χ3v) is 6.49. The van der Waals surface area contributed by atoms with Gasteiger partial charge < -0.3 is 10.1 Å². The van der Waals surface area contributed by atoms with Crippen molar-refractivity contribution in [3.05, 3.63) is 41.5 Å². The molecule has 4 bridgehead atoms. The van der Waals surface area contributed by atoms with Crippen LogP contribution in [0.2, 0.25) is 0 Å². The van der Waals surface area contributed by atoms with Gasteiger partial charge in [-0.25, -0.2) is 4.79 Å². The fourth-order valence-corrected chi connectivity index (χ4v) is 5.50. The predicted molar refractivity (Wildman–Crippen MR) is 95.3 cm³/mol. The van der Waals surface area contributed by atoms with Gasteiger partial charge in [0.2, 0.25) is 5.91 Å². The minimum absolute atomic E-state index is 0.0588. The average Bonchev–Trinajstić information content (AvgIpc) is 3.03. The van der Waals surface area contributed by atoms with Gasteiger partial charge in [-0.1, -0.05) is 24.3 Å². The number of esters is 1. The van der Waals surface area contributed by atoms with Crippen molar-refractivity contribution >= 4 is 18.0 Å². The Balaban J connectivity index is 1.35. The molecule has 1 aromatic carbocycles. The molecule has 25 heavy (non-hydrogen) atoms. The summed E-state index contributed by atoms with van der Waals surface area (Å²) >= 11 is 0. The van der Waals surface area contributed by atoms with E-state index in [2.05, 4.69) is 10.1 Å². The molecule has 132 valence electrons. The van der Waals surface area contributed by atoms with Gasteiger partial charge in [-0.15, -0.1) is 0 Å². The normalized spacial score (nSPS) is 32.3. The molecule has 4 nitrogen and oxygen atoms in total. The molecule has 0 heterocycles. The van der Waals surface area contributed by atoms with Gasteiger partial charge >= 0.3 is 5.97 Å². The molecule has 0 aliphatic heterocycles. The SMILES string of the molecule is COC(=O)/C=C/c1ccc(CNC(=O)C23C[C@@H]4CC2C[C@@H](C4)C3)cc1. The van der Waals surface area contributed by atoms with Gasteiger partial charge in [-0.05, 0) is 67.1 Å². The fraction of sp³-hybridized carbons (Fsp3) is 0.524. The maximum absolute atomic E-state index is 12.9. The molecule has 4 saturated carbocycles. The zero-order chi connectivity index (χ0) is 17.4. The summed E-state index contributed by atoms with van der Waals surface area (Å²) in [5.74, 6) is 2.13. The molecule has 1 N–H and O–H groups in total. The lowest BCUT2D eigenvalue weighted by Gasteiger charge is -2.31. The molecular weight excluding hydrogens is 314 g/mol. The lowest BCUT2D eigenvalue weighted by atomic mass is 9.75. The van der Waals surface area contributed by atoms with E-state index in [1.807, 2.05) is 24.3 Å². The molecule has 4 heteroatoms. The Labute approximate surface area is 148 Å². The van der Waals surface area contributed by atoms with E-state index in [4.69, 9.17) is 0 Å². The molecule has 0 aromatic heterocycles. The molecule has 5 rings (SSSR count). The van der Waals surface area contributed by atoms with Gasteiger partial charge in [0.15, 0.2) is 0 Å². The number of benzene rings is 1. The summed E-state index contributed by atoms with van der Waals surface area (Å²) in [6.07, 6.45) is 9.24. The second kappa shape index (κ2) is 6.32. The molecule has 0 saturated heterocycles. The summed E-state index contributed by atoms with van der Waals surface area (Å²) in [5.41, 5.74) is 1.96. The van der Waals surface area contributed by atoms with Crippen molar-refractivity contribution in [2.75, 3.05) is 7.11 Å². The van der Waals surface area contributed by atoms with E-state index < -0.39 is 0 Å². The van der Waals surface area contributed by atoms with Crippen LogP contribution in [0.3, 0.4) is 0 Å². The number of ether oxygens (including phenoxy) is 1. The molecule has 0 radical (unpaired) electrons. The third-order valence-electron chi connectivity index (χ3n) is 6.49. The monoisotopic (exact) mass is 339 g/mol. The molecule has 4 aliphatic carbocycles. The second-order valence-corrected chi connectivity index (χ2v) is 7.98. The van der Waals surface area contributed by atoms with Crippen molar-refractivity contribution in [1.82, 2.24) is 5.32 Å². The van der Waals surface area contributed by atoms with E-state index in [-0.39, 0.29) is 17.3 Å². The van der Waals surface area contributed by atoms with Crippen LogP contribution in [-0.2, 0) is 20.9 Å². The van der Waals surface area contributed by atoms with Crippen molar-refractivity contribution in [1.29, 1.82) is 0 Å². The summed E-state index contributed by atoms with van der Waals surface area (Å²) in [4.78, 5) is 24.0. The summed E-state index contributed by atoms with van der Waals surface area (Å²) in [5, 5.41) is 3.19. The Morgan fingerprint density at radius 3 is 2.48 bits per heavy atom. The average molecular weight is 339 g/mol. The highest BCUT2D eigenvalue weighted by Crippen LogP contribution is 2.65. The van der Waals surface area contributed by atoms with Crippen LogP contribution in [-0.4, -0.2) is 19.0 Å². The van der Waals surface area contributed by atoms with Crippen LogP contribution in [0, 0.1) is 23.2 Å². The van der Waals surface area contributed by atoms with Gasteiger partial charge in [0.05, 0.1) is 12.5 Å². The topological polar surface area (TPSA) is 55.4 Å². The first-order valence-corrected chi connectivity index (χ1v) is 9.22. The van der Waals surface area contributed by atoms with Crippen molar-refractivity contribution in [2.24, 2.45) is 23.2 Å². The van der Waals surface area contributed by atoms with Crippen LogP contribution in [0.5, 0.6) is 0 Å². The molecular formula is C21H25NO3. The number of hydrogen-bond donors (Lipinski definition) is 1. The number of carbonyl (C=O) groups excluding carboxylic acids is 2. The van der Waals surface area contributed by atoms with Gasteiger partial charge in [0, 0.05) is 12.6 Å². The molecule has 4 aliphatic rings. The Kier molecular flexibility index (Phi) is 4.14. The number of hydrogen-bond acceptors (Lipinski definition) is 3. The first kappa shape index (κ1) is 16.4. The zero-order valence-corrected chi connectivity index (χ0v) is 14.7. The molecule has 0 spiro atoms. The minimum Gasteiger partial charge on any atom is -0.466 e. The smallest absolute Gasteiger partial charge is 0.330 e. The molecule has 1 aromatic rings. The van der Waals surface area contributed by atoms with Crippen LogP contribution < -0.4 is 5.32 Å². The molecule has 4 atom stereocenters. The van der Waals surface area contributed by atoms with Gasteiger partial charge in [0.25, 0.3) is 0 Å². The Bertz CT molecular complexity index is 692. The Morgan fingerprint density at radius 2 is 1.84 bits per heavy atom.